The molecule has 0 saturated carbocycles. The molecule has 65 heavy (non-hydrogen) atoms. The van der Waals surface area contributed by atoms with E-state index in [1.807, 2.05) is 11.3 Å². The highest BCUT2D eigenvalue weighted by atomic mass is 32.1. The first-order valence-electron chi connectivity index (χ1n) is 23.0. The van der Waals surface area contributed by atoms with Gasteiger partial charge in [0, 0.05) is 31.0 Å². The molecule has 0 aliphatic heterocycles. The summed E-state index contributed by atoms with van der Waals surface area (Å²) in [5.41, 5.74) is 18.5. The normalized spacial score (nSPS) is 14.4. The van der Waals surface area contributed by atoms with E-state index in [9.17, 15) is 0 Å². The Labute approximate surface area is 383 Å². The monoisotopic (exact) mass is 844 g/mol. The molecule has 11 aromatic carbocycles. The molecule has 0 nitrogen and oxygen atoms in total. The molecule has 0 spiro atoms. The largest absolute Gasteiger partial charge is 0.135 e. The van der Waals surface area contributed by atoms with Crippen LogP contribution in [0.15, 0.2) is 194 Å². The number of hydrogen-bond donors (Lipinski definition) is 0. The summed E-state index contributed by atoms with van der Waals surface area (Å²) in [6.45, 7) is 9.72. The minimum absolute atomic E-state index is 0.139. The van der Waals surface area contributed by atoms with Crippen molar-refractivity contribution < 1.29 is 0 Å². The number of benzene rings is 11. The third kappa shape index (κ3) is 4.97. The highest BCUT2D eigenvalue weighted by Crippen LogP contribution is 2.59. The zero-order valence-electron chi connectivity index (χ0n) is 36.9. The molecule has 1 heteroatoms. The van der Waals surface area contributed by atoms with Gasteiger partial charge in [0.1, 0.15) is 0 Å². The molecule has 0 atom stereocenters. The Morgan fingerprint density at radius 3 is 1.66 bits per heavy atom. The molecule has 0 bridgehead atoms. The first kappa shape index (κ1) is 37.1. The van der Waals surface area contributed by atoms with Crippen LogP contribution in [0.4, 0.5) is 0 Å². The zero-order chi connectivity index (χ0) is 43.3. The summed E-state index contributed by atoms with van der Waals surface area (Å²) in [7, 11) is 0. The average molecular weight is 845 g/mol. The van der Waals surface area contributed by atoms with Crippen LogP contribution in [-0.4, -0.2) is 0 Å². The molecule has 2 aliphatic carbocycles. The van der Waals surface area contributed by atoms with Gasteiger partial charge in [-0.15, -0.1) is 11.3 Å². The topological polar surface area (TPSA) is 0 Å². The Kier molecular flexibility index (Phi) is 7.49. The van der Waals surface area contributed by atoms with Gasteiger partial charge in [-0.2, -0.15) is 0 Å². The minimum Gasteiger partial charge on any atom is -0.135 e. The van der Waals surface area contributed by atoms with Gasteiger partial charge in [0.05, 0.1) is 0 Å². The molecule has 0 radical (unpaired) electrons. The van der Waals surface area contributed by atoms with Crippen LogP contribution in [0.2, 0.25) is 0 Å². The van der Waals surface area contributed by atoms with Crippen molar-refractivity contribution in [1.82, 2.24) is 0 Å². The fraction of sp³-hybridized carbons (Fsp3) is 0.0938. The molecule has 0 unspecified atom stereocenters. The van der Waals surface area contributed by atoms with Gasteiger partial charge in [0.2, 0.25) is 0 Å². The molecular weight excluding hydrogens is 801 g/mol. The van der Waals surface area contributed by atoms with Crippen LogP contribution in [0.5, 0.6) is 0 Å². The molecule has 306 valence electrons. The molecule has 1 heterocycles. The lowest BCUT2D eigenvalue weighted by molar-refractivity contribution is 0.660. The van der Waals surface area contributed by atoms with E-state index >= 15 is 0 Å². The van der Waals surface area contributed by atoms with Crippen molar-refractivity contribution in [3.05, 3.63) is 216 Å². The summed E-state index contributed by atoms with van der Waals surface area (Å²) < 4.78 is 2.77. The lowest BCUT2D eigenvalue weighted by atomic mass is 9.79. The smallest absolute Gasteiger partial charge is 0.0403 e. The molecule has 0 amide bonds. The molecule has 14 rings (SSSR count). The van der Waals surface area contributed by atoms with E-state index in [1.165, 1.54) is 141 Å². The minimum atomic E-state index is -0.184. The standard InChI is InChI=1S/C64H44S/c1-63(2)54-32-29-39(50-36-52-59-42-20-8-6-17-38(42)30-33-56(59)65-62(52)61-60(50)49-25-13-14-27-53(49)64(61,3)4)34-51(54)43-31-28-40(35-55(43)63)57-45-21-9-11-23-47(45)58(48-24-12-10-22-46(48)57)44-26-15-18-37-16-5-7-19-41(37)44/h5-36H,1-4H3. The third-order valence-electron chi connectivity index (χ3n) is 15.4. The van der Waals surface area contributed by atoms with Crippen LogP contribution < -0.4 is 0 Å². The summed E-state index contributed by atoms with van der Waals surface area (Å²) in [5.74, 6) is 0. The Morgan fingerprint density at radius 1 is 0.323 bits per heavy atom. The van der Waals surface area contributed by atoms with Gasteiger partial charge < -0.3 is 0 Å². The van der Waals surface area contributed by atoms with Gasteiger partial charge in [-0.3, -0.25) is 0 Å². The lowest BCUT2D eigenvalue weighted by Gasteiger charge is -2.24. The highest BCUT2D eigenvalue weighted by Gasteiger charge is 2.41. The first-order chi connectivity index (χ1) is 31.8. The molecule has 0 N–H and O–H groups in total. The number of fused-ring (bicyclic) bond motifs is 15. The van der Waals surface area contributed by atoms with E-state index in [2.05, 4.69) is 222 Å². The molecule has 1 aromatic heterocycles. The Hall–Kier alpha value is -7.32. The van der Waals surface area contributed by atoms with Crippen LogP contribution in [0.1, 0.15) is 49.9 Å². The highest BCUT2D eigenvalue weighted by molar-refractivity contribution is 7.26. The van der Waals surface area contributed by atoms with E-state index in [-0.39, 0.29) is 10.8 Å². The van der Waals surface area contributed by atoms with Crippen LogP contribution in [0.25, 0.3) is 119 Å². The molecular formula is C64H44S. The van der Waals surface area contributed by atoms with Crippen molar-refractivity contribution in [1.29, 1.82) is 0 Å². The van der Waals surface area contributed by atoms with Crippen molar-refractivity contribution in [2.24, 2.45) is 0 Å². The number of thiophene rings is 1. The van der Waals surface area contributed by atoms with Gasteiger partial charge >= 0.3 is 0 Å². The fourth-order valence-corrected chi connectivity index (χ4v) is 13.8. The molecule has 0 saturated heterocycles. The van der Waals surface area contributed by atoms with Crippen LogP contribution in [0.3, 0.4) is 0 Å². The molecule has 0 fully saturated rings. The number of hydrogen-bond acceptors (Lipinski definition) is 1. The van der Waals surface area contributed by atoms with Crippen molar-refractivity contribution in [3.8, 4) is 55.6 Å². The quantitative estimate of drug-likeness (QED) is 0.155. The van der Waals surface area contributed by atoms with Crippen LogP contribution >= 0.6 is 11.3 Å². The Bertz CT molecular complexity index is 4000. The van der Waals surface area contributed by atoms with E-state index in [4.69, 9.17) is 0 Å². The summed E-state index contributed by atoms with van der Waals surface area (Å²) in [6.07, 6.45) is 0. The Balaban J connectivity index is 0.987. The van der Waals surface area contributed by atoms with E-state index < -0.39 is 0 Å². The second-order valence-electron chi connectivity index (χ2n) is 19.5. The predicted octanol–water partition coefficient (Wildman–Crippen LogP) is 18.3. The second-order valence-corrected chi connectivity index (χ2v) is 20.5. The van der Waals surface area contributed by atoms with Crippen LogP contribution in [0, 0.1) is 0 Å². The van der Waals surface area contributed by atoms with Crippen LogP contribution in [-0.2, 0) is 10.8 Å². The second kappa shape index (κ2) is 13.1. The van der Waals surface area contributed by atoms with Gasteiger partial charge in [0.25, 0.3) is 0 Å². The van der Waals surface area contributed by atoms with Crippen molar-refractivity contribution in [2.45, 2.75) is 38.5 Å². The predicted molar refractivity (Wildman–Crippen MR) is 281 cm³/mol. The summed E-state index contributed by atoms with van der Waals surface area (Å²) in [5, 5.41) is 13.1. The van der Waals surface area contributed by atoms with E-state index in [0.717, 1.165) is 0 Å². The maximum absolute atomic E-state index is 2.54. The third-order valence-corrected chi connectivity index (χ3v) is 16.6. The van der Waals surface area contributed by atoms with Gasteiger partial charge in [-0.25, -0.2) is 0 Å². The first-order valence-corrected chi connectivity index (χ1v) is 23.8. The summed E-state index contributed by atoms with van der Waals surface area (Å²) in [4.78, 5) is 0. The van der Waals surface area contributed by atoms with Gasteiger partial charge in [-0.1, -0.05) is 198 Å². The maximum Gasteiger partial charge on any atom is 0.0403 e. The SMILES string of the molecule is CC1(C)c2ccc(-c3cc4c(sc5ccc6ccccc6c54)c4c3-c3ccccc3C4(C)C)cc2-c2ccc(-c3c4ccccc4c(-c4cccc5ccccc45)c4ccccc34)cc21. The average Bonchev–Trinajstić information content (AvgIpc) is 3.92. The zero-order valence-corrected chi connectivity index (χ0v) is 37.7. The van der Waals surface area contributed by atoms with E-state index in [1.54, 1.807) is 0 Å². The number of rotatable bonds is 3. The van der Waals surface area contributed by atoms with Crippen molar-refractivity contribution >= 4 is 74.6 Å². The van der Waals surface area contributed by atoms with Gasteiger partial charge in [-0.05, 0) is 145 Å². The summed E-state index contributed by atoms with van der Waals surface area (Å²) in [6, 6.07) is 73.6. The fourth-order valence-electron chi connectivity index (χ4n) is 12.4. The molecule has 12 aromatic rings. The van der Waals surface area contributed by atoms with Gasteiger partial charge in [0.15, 0.2) is 0 Å². The summed E-state index contributed by atoms with van der Waals surface area (Å²) >= 11 is 1.97. The Morgan fingerprint density at radius 2 is 0.908 bits per heavy atom. The van der Waals surface area contributed by atoms with Crippen molar-refractivity contribution in [3.63, 3.8) is 0 Å². The maximum atomic E-state index is 2.54. The van der Waals surface area contributed by atoms with E-state index in [0.29, 0.717) is 0 Å². The molecule has 2 aliphatic rings. The lowest BCUT2D eigenvalue weighted by Crippen LogP contribution is -2.15. The van der Waals surface area contributed by atoms with Crippen molar-refractivity contribution in [2.75, 3.05) is 0 Å².